The van der Waals surface area contributed by atoms with Crippen LogP contribution in [0.2, 0.25) is 0 Å². The molecule has 2 rings (SSSR count). The van der Waals surface area contributed by atoms with Gasteiger partial charge >= 0.3 is 5.97 Å². The van der Waals surface area contributed by atoms with E-state index in [1.54, 1.807) is 12.3 Å². The van der Waals surface area contributed by atoms with Crippen molar-refractivity contribution in [2.45, 2.75) is 32.2 Å². The van der Waals surface area contributed by atoms with E-state index in [9.17, 15) is 4.79 Å². The Balaban J connectivity index is 1.98. The molecule has 1 aliphatic rings. The number of esters is 1. The van der Waals surface area contributed by atoms with Crippen LogP contribution in [0.5, 0.6) is 0 Å². The molecule has 1 aliphatic heterocycles. The molecule has 1 aromatic rings. The zero-order chi connectivity index (χ0) is 15.2. The van der Waals surface area contributed by atoms with Crippen molar-refractivity contribution < 1.29 is 9.53 Å². The van der Waals surface area contributed by atoms with Crippen molar-refractivity contribution in [1.82, 2.24) is 9.88 Å². The summed E-state index contributed by atoms with van der Waals surface area (Å²) < 4.78 is 4.71. The average molecular weight is 292 g/mol. The first-order chi connectivity index (χ1) is 10.1. The van der Waals surface area contributed by atoms with Gasteiger partial charge in [-0.25, -0.2) is 9.78 Å². The fourth-order valence-electron chi connectivity index (χ4n) is 2.63. The van der Waals surface area contributed by atoms with Crippen LogP contribution in [0.25, 0.3) is 0 Å². The summed E-state index contributed by atoms with van der Waals surface area (Å²) in [6.07, 6.45) is 5.42. The molecule has 0 saturated carbocycles. The number of nitrogens with one attached hydrogen (secondary N) is 1. The van der Waals surface area contributed by atoms with Gasteiger partial charge in [-0.05, 0) is 38.9 Å². The number of nitrogens with zero attached hydrogens (tertiary/aromatic N) is 2. The normalized spacial score (nSPS) is 17.2. The molecular formula is C15H24N4O2. The molecule has 21 heavy (non-hydrogen) atoms. The van der Waals surface area contributed by atoms with E-state index in [1.165, 1.54) is 26.4 Å². The second-order valence-corrected chi connectivity index (χ2v) is 5.44. The molecule has 1 unspecified atom stereocenters. The maximum absolute atomic E-state index is 11.6. The Morgan fingerprint density at radius 1 is 1.48 bits per heavy atom. The Morgan fingerprint density at radius 2 is 2.19 bits per heavy atom. The van der Waals surface area contributed by atoms with Gasteiger partial charge in [0.15, 0.2) is 0 Å². The lowest BCUT2D eigenvalue weighted by atomic mass is 10.1. The number of ether oxygens (including phenoxy) is 1. The third kappa shape index (κ3) is 3.85. The highest BCUT2D eigenvalue weighted by Crippen LogP contribution is 2.21. The number of likely N-dealkylation sites (tertiary alicyclic amines) is 1. The van der Waals surface area contributed by atoms with E-state index in [4.69, 9.17) is 10.5 Å². The second-order valence-electron chi connectivity index (χ2n) is 5.44. The van der Waals surface area contributed by atoms with Gasteiger partial charge < -0.3 is 15.8 Å². The van der Waals surface area contributed by atoms with Gasteiger partial charge in [-0.15, -0.1) is 0 Å². The smallest absolute Gasteiger partial charge is 0.340 e. The minimum atomic E-state index is -0.443. The summed E-state index contributed by atoms with van der Waals surface area (Å²) in [5.41, 5.74) is 6.68. The van der Waals surface area contributed by atoms with Crippen LogP contribution in [0.15, 0.2) is 12.3 Å². The maximum atomic E-state index is 11.6. The molecule has 0 aromatic carbocycles. The van der Waals surface area contributed by atoms with Gasteiger partial charge in [0.2, 0.25) is 0 Å². The third-order valence-corrected chi connectivity index (χ3v) is 3.97. The number of piperidine rings is 1. The lowest BCUT2D eigenvalue weighted by molar-refractivity contribution is 0.0602. The van der Waals surface area contributed by atoms with Crippen LogP contribution < -0.4 is 11.1 Å². The quantitative estimate of drug-likeness (QED) is 0.805. The molecule has 6 nitrogen and oxygen atoms in total. The number of anilines is 2. The van der Waals surface area contributed by atoms with E-state index < -0.39 is 5.97 Å². The molecule has 1 saturated heterocycles. The van der Waals surface area contributed by atoms with Gasteiger partial charge in [-0.2, -0.15) is 0 Å². The molecule has 1 atom stereocenters. The number of hydrogen-bond donors (Lipinski definition) is 2. The molecule has 0 spiro atoms. The molecular weight excluding hydrogens is 268 g/mol. The molecule has 116 valence electrons. The van der Waals surface area contributed by atoms with Crippen LogP contribution in [-0.4, -0.2) is 48.6 Å². The Hall–Kier alpha value is -1.82. The number of aromatic nitrogens is 1. The van der Waals surface area contributed by atoms with Crippen LogP contribution in [0, 0.1) is 0 Å². The summed E-state index contributed by atoms with van der Waals surface area (Å²) in [5, 5.41) is 3.24. The first kappa shape index (κ1) is 15.6. The van der Waals surface area contributed by atoms with Crippen LogP contribution in [0.3, 0.4) is 0 Å². The van der Waals surface area contributed by atoms with Crippen molar-refractivity contribution in [1.29, 1.82) is 0 Å². The summed E-state index contributed by atoms with van der Waals surface area (Å²) in [6, 6.07) is 1.98. The van der Waals surface area contributed by atoms with Crippen molar-refractivity contribution >= 4 is 17.5 Å². The number of methoxy groups -OCH3 is 1. The Morgan fingerprint density at radius 3 is 2.86 bits per heavy atom. The molecule has 0 bridgehead atoms. The van der Waals surface area contributed by atoms with Gasteiger partial charge in [-0.1, -0.05) is 6.42 Å². The van der Waals surface area contributed by atoms with Crippen molar-refractivity contribution in [2.75, 3.05) is 37.8 Å². The predicted molar refractivity (Wildman–Crippen MR) is 83.4 cm³/mol. The summed E-state index contributed by atoms with van der Waals surface area (Å²) >= 11 is 0. The number of pyridine rings is 1. The topological polar surface area (TPSA) is 80.5 Å². The molecule has 1 fully saturated rings. The highest BCUT2D eigenvalue weighted by molar-refractivity contribution is 5.97. The van der Waals surface area contributed by atoms with E-state index in [2.05, 4.69) is 22.1 Å². The summed E-state index contributed by atoms with van der Waals surface area (Å²) in [4.78, 5) is 18.3. The van der Waals surface area contributed by atoms with Crippen LogP contribution in [-0.2, 0) is 4.74 Å². The Labute approximate surface area is 125 Å². The number of nitrogens with two attached hydrogens (primary N) is 1. The van der Waals surface area contributed by atoms with Gasteiger partial charge in [0.05, 0.1) is 18.4 Å². The monoisotopic (exact) mass is 292 g/mol. The van der Waals surface area contributed by atoms with E-state index >= 15 is 0 Å². The van der Waals surface area contributed by atoms with E-state index in [0.717, 1.165) is 19.6 Å². The average Bonchev–Trinajstić information content (AvgIpc) is 2.53. The molecule has 1 aromatic heterocycles. The number of rotatable bonds is 5. The zero-order valence-corrected chi connectivity index (χ0v) is 12.8. The predicted octanol–water partition coefficient (Wildman–Crippen LogP) is 1.74. The van der Waals surface area contributed by atoms with E-state index in [1.807, 2.05) is 0 Å². The fraction of sp³-hybridized carbons (Fsp3) is 0.600. The summed E-state index contributed by atoms with van der Waals surface area (Å²) in [7, 11) is 1.34. The van der Waals surface area contributed by atoms with E-state index in [-0.39, 0.29) is 0 Å². The Bertz CT molecular complexity index is 487. The highest BCUT2D eigenvalue weighted by Gasteiger charge is 2.18. The largest absolute Gasteiger partial charge is 0.465 e. The van der Waals surface area contributed by atoms with Gasteiger partial charge in [0.1, 0.15) is 5.82 Å². The fourth-order valence-corrected chi connectivity index (χ4v) is 2.63. The lowest BCUT2D eigenvalue weighted by Gasteiger charge is -2.32. The number of carbonyl (C=O) groups is 1. The van der Waals surface area contributed by atoms with Crippen LogP contribution >= 0.6 is 0 Å². The third-order valence-electron chi connectivity index (χ3n) is 3.97. The first-order valence-corrected chi connectivity index (χ1v) is 7.44. The number of nitrogen functional groups attached to an aromatic ring is 1. The van der Waals surface area contributed by atoms with Gasteiger partial charge in [0.25, 0.3) is 0 Å². The number of hydrogen-bond acceptors (Lipinski definition) is 6. The number of carbonyl (C=O) groups excluding carboxylic acids is 1. The SMILES string of the molecule is COC(=O)c1ccnc(NCC(C)N2CCCCC2)c1N. The second kappa shape index (κ2) is 7.26. The standard InChI is InChI=1S/C15H24N4O2/c1-11(19-8-4-3-5-9-19)10-18-14-13(16)12(6-7-17-14)15(20)21-2/h6-7,11H,3-5,8-10,16H2,1-2H3,(H,17,18). The van der Waals surface area contributed by atoms with E-state index in [0.29, 0.717) is 23.1 Å². The van der Waals surface area contributed by atoms with Crippen LogP contribution in [0.4, 0.5) is 11.5 Å². The summed E-state index contributed by atoms with van der Waals surface area (Å²) in [5.74, 6) is 0.101. The van der Waals surface area contributed by atoms with Crippen molar-refractivity contribution in [3.63, 3.8) is 0 Å². The highest BCUT2D eigenvalue weighted by atomic mass is 16.5. The first-order valence-electron chi connectivity index (χ1n) is 7.44. The molecule has 3 N–H and O–H groups in total. The zero-order valence-electron chi connectivity index (χ0n) is 12.8. The Kier molecular flexibility index (Phi) is 5.38. The minimum Gasteiger partial charge on any atom is -0.465 e. The maximum Gasteiger partial charge on any atom is 0.340 e. The van der Waals surface area contributed by atoms with Gasteiger partial charge in [0, 0.05) is 18.8 Å². The molecule has 0 amide bonds. The molecule has 2 heterocycles. The molecule has 0 aliphatic carbocycles. The lowest BCUT2D eigenvalue weighted by Crippen LogP contribution is -2.41. The van der Waals surface area contributed by atoms with Crippen molar-refractivity contribution in [3.05, 3.63) is 17.8 Å². The summed E-state index contributed by atoms with van der Waals surface area (Å²) in [6.45, 7) is 5.24. The van der Waals surface area contributed by atoms with Crippen molar-refractivity contribution in [3.8, 4) is 0 Å². The molecule has 6 heteroatoms. The van der Waals surface area contributed by atoms with Crippen LogP contribution in [0.1, 0.15) is 36.5 Å². The van der Waals surface area contributed by atoms with Crippen molar-refractivity contribution in [2.24, 2.45) is 0 Å². The van der Waals surface area contributed by atoms with Gasteiger partial charge in [-0.3, -0.25) is 4.90 Å². The minimum absolute atomic E-state index is 0.343. The molecule has 0 radical (unpaired) electrons.